The van der Waals surface area contributed by atoms with E-state index in [1.165, 1.54) is 15.8 Å². The number of hydrogen-bond donors (Lipinski definition) is 1. The Bertz CT molecular complexity index is 378. The highest BCUT2D eigenvalue weighted by atomic mass is 32.2. The van der Waals surface area contributed by atoms with Crippen molar-refractivity contribution in [3.05, 3.63) is 30.5 Å². The first-order valence-corrected chi connectivity index (χ1v) is 5.09. The van der Waals surface area contributed by atoms with E-state index in [0.29, 0.717) is 0 Å². The van der Waals surface area contributed by atoms with Gasteiger partial charge in [0, 0.05) is 16.5 Å². The monoisotopic (exact) mass is 177 g/mol. The molecule has 0 unspecified atom stereocenters. The molecule has 1 N–H and O–H groups in total. The number of aromatic nitrogens is 1. The van der Waals surface area contributed by atoms with Gasteiger partial charge in [0.1, 0.15) is 0 Å². The van der Waals surface area contributed by atoms with Gasteiger partial charge in [0.15, 0.2) is 0 Å². The van der Waals surface area contributed by atoms with Crippen molar-refractivity contribution in [2.75, 3.05) is 5.75 Å². The maximum Gasteiger partial charge on any atom is 0.0592 e. The lowest BCUT2D eigenvalue weighted by molar-refractivity contribution is 1.39. The molecule has 2 rings (SSSR count). The van der Waals surface area contributed by atoms with Crippen LogP contribution in [-0.2, 0) is 0 Å². The van der Waals surface area contributed by atoms with Gasteiger partial charge in [-0.05, 0) is 17.9 Å². The molecule has 0 spiro atoms. The first-order chi connectivity index (χ1) is 5.92. The van der Waals surface area contributed by atoms with E-state index < -0.39 is 0 Å². The van der Waals surface area contributed by atoms with Gasteiger partial charge in [-0.25, -0.2) is 0 Å². The van der Waals surface area contributed by atoms with Crippen LogP contribution in [0.15, 0.2) is 35.4 Å². The number of H-pyrrole nitrogens is 1. The third-order valence-corrected chi connectivity index (χ3v) is 2.79. The van der Waals surface area contributed by atoms with Gasteiger partial charge in [-0.3, -0.25) is 0 Å². The molecule has 0 aliphatic heterocycles. The van der Waals surface area contributed by atoms with Crippen molar-refractivity contribution < 1.29 is 0 Å². The third-order valence-electron chi connectivity index (χ3n) is 1.85. The van der Waals surface area contributed by atoms with Crippen molar-refractivity contribution in [2.45, 2.75) is 11.8 Å². The summed E-state index contributed by atoms with van der Waals surface area (Å²) in [5.74, 6) is 1.12. The average Bonchev–Trinajstić information content (AvgIpc) is 2.53. The second-order valence-corrected chi connectivity index (χ2v) is 3.94. The topological polar surface area (TPSA) is 15.8 Å². The van der Waals surface area contributed by atoms with Gasteiger partial charge in [-0.15, -0.1) is 11.8 Å². The van der Waals surface area contributed by atoms with Gasteiger partial charge in [0.05, 0.1) is 5.52 Å². The molecule has 0 fully saturated rings. The first-order valence-electron chi connectivity index (χ1n) is 4.10. The average molecular weight is 177 g/mol. The summed E-state index contributed by atoms with van der Waals surface area (Å²) in [5.41, 5.74) is 1.27. The minimum atomic E-state index is 1.12. The largest absolute Gasteiger partial charge is 0.360 e. The predicted molar refractivity (Wildman–Crippen MR) is 54.7 cm³/mol. The summed E-state index contributed by atoms with van der Waals surface area (Å²) >= 11 is 1.88. The Hall–Kier alpha value is -0.890. The molecule has 1 aromatic carbocycles. The summed E-state index contributed by atoms with van der Waals surface area (Å²) in [4.78, 5) is 4.60. The van der Waals surface area contributed by atoms with Crippen LogP contribution >= 0.6 is 11.8 Å². The number of hydrogen-bond acceptors (Lipinski definition) is 1. The van der Waals surface area contributed by atoms with Crippen LogP contribution in [0.5, 0.6) is 0 Å². The third kappa shape index (κ3) is 1.23. The van der Waals surface area contributed by atoms with E-state index >= 15 is 0 Å². The van der Waals surface area contributed by atoms with Crippen LogP contribution in [-0.4, -0.2) is 10.7 Å². The summed E-state index contributed by atoms with van der Waals surface area (Å²) < 4.78 is 0. The zero-order chi connectivity index (χ0) is 8.39. The van der Waals surface area contributed by atoms with Gasteiger partial charge in [0.25, 0.3) is 0 Å². The molecule has 0 radical (unpaired) electrons. The van der Waals surface area contributed by atoms with Crippen molar-refractivity contribution in [2.24, 2.45) is 0 Å². The zero-order valence-corrected chi connectivity index (χ0v) is 7.82. The summed E-state index contributed by atoms with van der Waals surface area (Å²) in [7, 11) is 0. The van der Waals surface area contributed by atoms with Crippen LogP contribution < -0.4 is 0 Å². The van der Waals surface area contributed by atoms with Gasteiger partial charge in [-0.1, -0.05) is 19.1 Å². The molecule has 0 aliphatic carbocycles. The van der Waals surface area contributed by atoms with Crippen molar-refractivity contribution in [1.29, 1.82) is 0 Å². The Morgan fingerprint density at radius 1 is 1.33 bits per heavy atom. The van der Waals surface area contributed by atoms with Crippen molar-refractivity contribution in [3.63, 3.8) is 0 Å². The van der Waals surface area contributed by atoms with E-state index in [2.05, 4.69) is 36.2 Å². The number of nitrogens with one attached hydrogen (secondary N) is 1. The summed E-state index contributed by atoms with van der Waals surface area (Å²) in [6.45, 7) is 2.17. The fourth-order valence-corrected chi connectivity index (χ4v) is 2.14. The Morgan fingerprint density at radius 2 is 2.25 bits per heavy atom. The van der Waals surface area contributed by atoms with Crippen LogP contribution in [0.25, 0.3) is 10.9 Å². The normalized spacial score (nSPS) is 10.8. The fourth-order valence-electron chi connectivity index (χ4n) is 1.33. The molecule has 0 saturated carbocycles. The Kier molecular flexibility index (Phi) is 2.09. The minimum absolute atomic E-state index is 1.12. The van der Waals surface area contributed by atoms with Crippen LogP contribution in [0, 0.1) is 0 Å². The highest BCUT2D eigenvalue weighted by Crippen LogP contribution is 2.25. The molecule has 2 aromatic rings. The van der Waals surface area contributed by atoms with E-state index in [-0.39, 0.29) is 0 Å². The molecule has 62 valence electrons. The lowest BCUT2D eigenvalue weighted by Crippen LogP contribution is -1.75. The SMILES string of the molecule is CCSc1cccc2cc[nH]c12. The lowest BCUT2D eigenvalue weighted by Gasteiger charge is -1.99. The molecule has 0 amide bonds. The maximum atomic E-state index is 3.25. The lowest BCUT2D eigenvalue weighted by atomic mass is 10.2. The molecule has 2 heteroatoms. The number of thioether (sulfide) groups is 1. The van der Waals surface area contributed by atoms with Crippen molar-refractivity contribution in [3.8, 4) is 0 Å². The van der Waals surface area contributed by atoms with Crippen molar-refractivity contribution >= 4 is 22.7 Å². The van der Waals surface area contributed by atoms with E-state index in [1.807, 2.05) is 18.0 Å². The van der Waals surface area contributed by atoms with Crippen molar-refractivity contribution in [1.82, 2.24) is 4.98 Å². The molecule has 0 saturated heterocycles. The fraction of sp³-hybridized carbons (Fsp3) is 0.200. The Morgan fingerprint density at radius 3 is 3.08 bits per heavy atom. The summed E-state index contributed by atoms with van der Waals surface area (Å²) in [6.07, 6.45) is 1.99. The second kappa shape index (κ2) is 3.23. The zero-order valence-electron chi connectivity index (χ0n) is 7.00. The molecule has 0 bridgehead atoms. The maximum absolute atomic E-state index is 3.25. The predicted octanol–water partition coefficient (Wildman–Crippen LogP) is 3.28. The number of fused-ring (bicyclic) bond motifs is 1. The number of benzene rings is 1. The molecule has 1 heterocycles. The second-order valence-electron chi connectivity index (χ2n) is 2.63. The van der Waals surface area contributed by atoms with Gasteiger partial charge >= 0.3 is 0 Å². The Labute approximate surface area is 76.2 Å². The molecule has 12 heavy (non-hydrogen) atoms. The van der Waals surface area contributed by atoms with E-state index in [4.69, 9.17) is 0 Å². The molecule has 1 nitrogen and oxygen atoms in total. The quantitative estimate of drug-likeness (QED) is 0.696. The van der Waals surface area contributed by atoms with Crippen LogP contribution in [0.1, 0.15) is 6.92 Å². The van der Waals surface area contributed by atoms with Gasteiger partial charge < -0.3 is 4.98 Å². The van der Waals surface area contributed by atoms with E-state index in [9.17, 15) is 0 Å². The van der Waals surface area contributed by atoms with Crippen LogP contribution in [0.2, 0.25) is 0 Å². The van der Waals surface area contributed by atoms with E-state index in [1.54, 1.807) is 0 Å². The van der Waals surface area contributed by atoms with Gasteiger partial charge in [-0.2, -0.15) is 0 Å². The number of aromatic amines is 1. The molecule has 0 aliphatic rings. The summed E-state index contributed by atoms with van der Waals surface area (Å²) in [5, 5.41) is 1.30. The highest BCUT2D eigenvalue weighted by molar-refractivity contribution is 7.99. The summed E-state index contributed by atoms with van der Waals surface area (Å²) in [6, 6.07) is 8.50. The molecular weight excluding hydrogens is 166 g/mol. The molecular formula is C10H11NS. The number of para-hydroxylation sites is 1. The highest BCUT2D eigenvalue weighted by Gasteiger charge is 1.99. The van der Waals surface area contributed by atoms with Gasteiger partial charge in [0.2, 0.25) is 0 Å². The van der Waals surface area contributed by atoms with Crippen LogP contribution in [0.4, 0.5) is 0 Å². The molecule has 1 aromatic heterocycles. The molecule has 0 atom stereocenters. The minimum Gasteiger partial charge on any atom is -0.360 e. The Balaban J connectivity index is 2.57. The standard InChI is InChI=1S/C10H11NS/c1-2-12-9-5-3-4-8-6-7-11-10(8)9/h3-7,11H,2H2,1H3. The first kappa shape index (κ1) is 7.74. The number of rotatable bonds is 2. The van der Waals surface area contributed by atoms with E-state index in [0.717, 1.165) is 5.75 Å². The van der Waals surface area contributed by atoms with Crippen LogP contribution in [0.3, 0.4) is 0 Å². The smallest absolute Gasteiger partial charge is 0.0592 e.